The summed E-state index contributed by atoms with van der Waals surface area (Å²) in [5, 5.41) is 12.3. The highest BCUT2D eigenvalue weighted by atomic mass is 16.1. The SMILES string of the molecule is Cc1[nH]c2ncnc(NC(=O)c3ccc(C#N)nc3)c2c1C. The van der Waals surface area contributed by atoms with Gasteiger partial charge in [-0.25, -0.2) is 15.0 Å². The van der Waals surface area contributed by atoms with Crippen LogP contribution >= 0.6 is 0 Å². The maximum atomic E-state index is 12.3. The summed E-state index contributed by atoms with van der Waals surface area (Å²) in [6, 6.07) is 4.96. The van der Waals surface area contributed by atoms with Gasteiger partial charge in [0.15, 0.2) is 0 Å². The lowest BCUT2D eigenvalue weighted by molar-refractivity contribution is 0.102. The van der Waals surface area contributed by atoms with E-state index in [1.165, 1.54) is 18.6 Å². The fourth-order valence-corrected chi connectivity index (χ4v) is 2.16. The zero-order valence-corrected chi connectivity index (χ0v) is 12.0. The highest BCUT2D eigenvalue weighted by Crippen LogP contribution is 2.25. The molecule has 1 amide bonds. The molecule has 0 aliphatic heterocycles. The number of nitriles is 1. The van der Waals surface area contributed by atoms with Crippen LogP contribution in [0.25, 0.3) is 11.0 Å². The third-order valence-corrected chi connectivity index (χ3v) is 3.46. The van der Waals surface area contributed by atoms with Gasteiger partial charge in [0, 0.05) is 11.9 Å². The third kappa shape index (κ3) is 2.27. The highest BCUT2D eigenvalue weighted by Gasteiger charge is 2.14. The first-order chi connectivity index (χ1) is 10.6. The fourth-order valence-electron chi connectivity index (χ4n) is 2.16. The summed E-state index contributed by atoms with van der Waals surface area (Å²) >= 11 is 0. The molecule has 108 valence electrons. The maximum absolute atomic E-state index is 12.3. The molecule has 0 fully saturated rings. The lowest BCUT2D eigenvalue weighted by atomic mass is 10.2. The van der Waals surface area contributed by atoms with E-state index < -0.39 is 0 Å². The van der Waals surface area contributed by atoms with E-state index in [2.05, 4.69) is 25.3 Å². The number of amides is 1. The number of hydrogen-bond donors (Lipinski definition) is 2. The van der Waals surface area contributed by atoms with E-state index in [1.54, 1.807) is 6.07 Å². The van der Waals surface area contributed by atoms with E-state index in [1.807, 2.05) is 19.9 Å². The number of carbonyl (C=O) groups excluding carboxylic acids is 1. The number of carbonyl (C=O) groups is 1. The van der Waals surface area contributed by atoms with E-state index in [0.717, 1.165) is 16.6 Å². The van der Waals surface area contributed by atoms with Crippen molar-refractivity contribution in [3.63, 3.8) is 0 Å². The molecule has 0 saturated carbocycles. The predicted octanol–water partition coefficient (Wildman–Crippen LogP) is 2.09. The minimum absolute atomic E-state index is 0.262. The molecule has 0 aromatic carbocycles. The standard InChI is InChI=1S/C15H12N6O/c1-8-9(2)20-13-12(8)14(19-7-18-13)21-15(22)10-3-4-11(5-16)17-6-10/h3-4,6-7H,1-2H3,(H2,18,19,20,21,22). The lowest BCUT2D eigenvalue weighted by Gasteiger charge is -2.06. The van der Waals surface area contributed by atoms with E-state index in [4.69, 9.17) is 5.26 Å². The van der Waals surface area contributed by atoms with Crippen LogP contribution in [0.5, 0.6) is 0 Å². The largest absolute Gasteiger partial charge is 0.343 e. The average molecular weight is 292 g/mol. The molecule has 22 heavy (non-hydrogen) atoms. The van der Waals surface area contributed by atoms with Crippen LogP contribution in [0.4, 0.5) is 5.82 Å². The average Bonchev–Trinajstić information content (AvgIpc) is 2.83. The number of aryl methyl sites for hydroxylation is 2. The highest BCUT2D eigenvalue weighted by molar-refractivity contribution is 6.07. The number of nitrogens with one attached hydrogen (secondary N) is 2. The first-order valence-corrected chi connectivity index (χ1v) is 6.57. The van der Waals surface area contributed by atoms with E-state index >= 15 is 0 Å². The molecule has 0 aliphatic carbocycles. The van der Waals surface area contributed by atoms with Gasteiger partial charge < -0.3 is 10.3 Å². The molecule has 0 atom stereocenters. The number of anilines is 1. The zero-order chi connectivity index (χ0) is 15.7. The molecule has 3 aromatic rings. The van der Waals surface area contributed by atoms with Gasteiger partial charge in [0.05, 0.1) is 10.9 Å². The summed E-state index contributed by atoms with van der Waals surface area (Å²) in [7, 11) is 0. The molecule has 3 rings (SSSR count). The number of pyridine rings is 1. The Morgan fingerprint density at radius 1 is 1.27 bits per heavy atom. The first-order valence-electron chi connectivity index (χ1n) is 6.57. The molecule has 0 spiro atoms. The number of aromatic amines is 1. The van der Waals surface area contributed by atoms with Crippen molar-refractivity contribution in [2.45, 2.75) is 13.8 Å². The third-order valence-electron chi connectivity index (χ3n) is 3.46. The van der Waals surface area contributed by atoms with Crippen LogP contribution in [-0.2, 0) is 0 Å². The van der Waals surface area contributed by atoms with Crippen molar-refractivity contribution in [1.82, 2.24) is 19.9 Å². The van der Waals surface area contributed by atoms with Crippen LogP contribution in [-0.4, -0.2) is 25.8 Å². The summed E-state index contributed by atoms with van der Waals surface area (Å²) in [6.07, 6.45) is 2.76. The van der Waals surface area contributed by atoms with Gasteiger partial charge in [0.1, 0.15) is 29.6 Å². The van der Waals surface area contributed by atoms with Gasteiger partial charge >= 0.3 is 0 Å². The maximum Gasteiger partial charge on any atom is 0.258 e. The zero-order valence-electron chi connectivity index (χ0n) is 12.0. The summed E-state index contributed by atoms with van der Waals surface area (Å²) in [5.41, 5.74) is 3.27. The Kier molecular flexibility index (Phi) is 3.27. The molecule has 2 N–H and O–H groups in total. The van der Waals surface area contributed by atoms with Gasteiger partial charge in [0.2, 0.25) is 0 Å². The van der Waals surface area contributed by atoms with E-state index in [0.29, 0.717) is 17.0 Å². The molecule has 7 heteroatoms. The Bertz CT molecular complexity index is 904. The van der Waals surface area contributed by atoms with Gasteiger partial charge in [-0.05, 0) is 31.5 Å². The Morgan fingerprint density at radius 2 is 2.09 bits per heavy atom. The Morgan fingerprint density at radius 3 is 2.77 bits per heavy atom. The van der Waals surface area contributed by atoms with E-state index in [9.17, 15) is 4.79 Å². The molecule has 0 radical (unpaired) electrons. The van der Waals surface area contributed by atoms with Gasteiger partial charge in [-0.1, -0.05) is 0 Å². The second kappa shape index (κ2) is 5.26. The second-order valence-electron chi connectivity index (χ2n) is 4.82. The monoisotopic (exact) mass is 292 g/mol. The van der Waals surface area contributed by atoms with Crippen LogP contribution in [0.15, 0.2) is 24.7 Å². The van der Waals surface area contributed by atoms with Crippen molar-refractivity contribution in [2.24, 2.45) is 0 Å². The molecule has 0 unspecified atom stereocenters. The molecule has 3 aromatic heterocycles. The van der Waals surface area contributed by atoms with Crippen LogP contribution in [0, 0.1) is 25.2 Å². The Hall–Kier alpha value is -3.27. The number of fused-ring (bicyclic) bond motifs is 1. The minimum atomic E-state index is -0.338. The van der Waals surface area contributed by atoms with Crippen molar-refractivity contribution in [3.05, 3.63) is 47.2 Å². The smallest absolute Gasteiger partial charge is 0.258 e. The van der Waals surface area contributed by atoms with Gasteiger partial charge in [-0.15, -0.1) is 0 Å². The molecular weight excluding hydrogens is 280 g/mol. The van der Waals surface area contributed by atoms with Crippen molar-refractivity contribution in [2.75, 3.05) is 5.32 Å². The molecule has 3 heterocycles. The van der Waals surface area contributed by atoms with Crippen LogP contribution in [0.3, 0.4) is 0 Å². The summed E-state index contributed by atoms with van der Waals surface area (Å²) in [5.74, 6) is 0.108. The lowest BCUT2D eigenvalue weighted by Crippen LogP contribution is -2.13. The minimum Gasteiger partial charge on any atom is -0.343 e. The summed E-state index contributed by atoms with van der Waals surface area (Å²) < 4.78 is 0. The summed E-state index contributed by atoms with van der Waals surface area (Å²) in [4.78, 5) is 27.6. The molecule has 0 aliphatic rings. The van der Waals surface area contributed by atoms with Gasteiger partial charge in [-0.2, -0.15) is 5.26 Å². The number of aromatic nitrogens is 4. The summed E-state index contributed by atoms with van der Waals surface area (Å²) in [6.45, 7) is 3.88. The number of rotatable bonds is 2. The van der Waals surface area contributed by atoms with Crippen molar-refractivity contribution in [1.29, 1.82) is 5.26 Å². The molecular formula is C15H12N6O. The van der Waals surface area contributed by atoms with Gasteiger partial charge in [0.25, 0.3) is 5.91 Å². The molecule has 0 bridgehead atoms. The Labute approximate surface area is 126 Å². The predicted molar refractivity (Wildman–Crippen MR) is 80.3 cm³/mol. The second-order valence-corrected chi connectivity index (χ2v) is 4.82. The van der Waals surface area contributed by atoms with Crippen LogP contribution in [0.1, 0.15) is 27.3 Å². The van der Waals surface area contributed by atoms with E-state index in [-0.39, 0.29) is 11.6 Å². The molecule has 7 nitrogen and oxygen atoms in total. The number of nitrogens with zero attached hydrogens (tertiary/aromatic N) is 4. The van der Waals surface area contributed by atoms with Crippen LogP contribution < -0.4 is 5.32 Å². The van der Waals surface area contributed by atoms with Crippen molar-refractivity contribution in [3.8, 4) is 6.07 Å². The first kappa shape index (κ1) is 13.7. The topological polar surface area (TPSA) is 107 Å². The quantitative estimate of drug-likeness (QED) is 0.752. The number of hydrogen-bond acceptors (Lipinski definition) is 5. The molecule has 0 saturated heterocycles. The fraction of sp³-hybridized carbons (Fsp3) is 0.133. The Balaban J connectivity index is 1.95. The van der Waals surface area contributed by atoms with Crippen molar-refractivity contribution >= 4 is 22.8 Å². The van der Waals surface area contributed by atoms with Crippen molar-refractivity contribution < 1.29 is 4.79 Å². The number of H-pyrrole nitrogens is 1. The van der Waals surface area contributed by atoms with Crippen LogP contribution in [0.2, 0.25) is 0 Å². The normalized spacial score (nSPS) is 10.4. The van der Waals surface area contributed by atoms with Gasteiger partial charge in [-0.3, -0.25) is 4.79 Å².